The van der Waals surface area contributed by atoms with Crippen molar-refractivity contribution >= 4 is 22.6 Å². The van der Waals surface area contributed by atoms with Gasteiger partial charge >= 0.3 is 0 Å². The Morgan fingerprint density at radius 1 is 0.767 bits per heavy atom. The molecule has 0 N–H and O–H groups in total. The van der Waals surface area contributed by atoms with Crippen molar-refractivity contribution in [3.63, 3.8) is 0 Å². The summed E-state index contributed by atoms with van der Waals surface area (Å²) in [5.41, 5.74) is 3.00. The summed E-state index contributed by atoms with van der Waals surface area (Å²) < 4.78 is 13.0. The van der Waals surface area contributed by atoms with Crippen LogP contribution in [0.5, 0.6) is 0 Å². The lowest BCUT2D eigenvalue weighted by atomic mass is 9.80. The van der Waals surface area contributed by atoms with Gasteiger partial charge in [-0.3, -0.25) is 0 Å². The molecule has 3 heteroatoms. The van der Waals surface area contributed by atoms with Gasteiger partial charge in [0, 0.05) is 9.84 Å². The van der Waals surface area contributed by atoms with E-state index in [4.69, 9.17) is 9.47 Å². The largest absolute Gasteiger partial charge is 0.378 e. The van der Waals surface area contributed by atoms with Gasteiger partial charge in [-0.1, -0.05) is 79.5 Å². The smallest absolute Gasteiger partial charge is 0.0587 e. The standard InChI is InChI=1S/C27H41IO2/c1-20-2-4-21(5-3-20)6-7-22-8-10-23(11-9-22)24-12-14-26(29-18-24)16-17-27-15-13-25(28)19-30-27/h8-11,20-21,24-27H,2-7,12-19H2,1H3/t20?,21?,24?,25?,26?,27-/m0/s1. The van der Waals surface area contributed by atoms with Gasteiger partial charge in [-0.15, -0.1) is 0 Å². The van der Waals surface area contributed by atoms with Crippen molar-refractivity contribution in [1.82, 2.24) is 0 Å². The molecule has 1 saturated carbocycles. The Bertz CT molecular complexity index is 606. The Morgan fingerprint density at radius 3 is 2.03 bits per heavy atom. The van der Waals surface area contributed by atoms with Crippen molar-refractivity contribution in [1.29, 1.82) is 0 Å². The normalized spacial score (nSPS) is 35.3. The van der Waals surface area contributed by atoms with Crippen molar-refractivity contribution < 1.29 is 9.47 Å². The highest BCUT2D eigenvalue weighted by Gasteiger charge is 2.25. The van der Waals surface area contributed by atoms with E-state index in [1.165, 1.54) is 88.2 Å². The van der Waals surface area contributed by atoms with E-state index in [9.17, 15) is 0 Å². The number of hydrogen-bond acceptors (Lipinski definition) is 2. The molecule has 0 bridgehead atoms. The van der Waals surface area contributed by atoms with Gasteiger partial charge in [0.15, 0.2) is 0 Å². The first kappa shape index (κ1) is 23.0. The Morgan fingerprint density at radius 2 is 1.43 bits per heavy atom. The van der Waals surface area contributed by atoms with Crippen molar-refractivity contribution in [2.24, 2.45) is 11.8 Å². The van der Waals surface area contributed by atoms with Crippen molar-refractivity contribution in [2.45, 2.75) is 106 Å². The minimum absolute atomic E-state index is 0.444. The third kappa shape index (κ3) is 6.93. The van der Waals surface area contributed by atoms with Crippen molar-refractivity contribution in [2.75, 3.05) is 13.2 Å². The molecule has 2 saturated heterocycles. The second-order valence-corrected chi connectivity index (χ2v) is 12.1. The number of halogens is 1. The molecular weight excluding hydrogens is 483 g/mol. The minimum Gasteiger partial charge on any atom is -0.378 e. The molecule has 3 fully saturated rings. The van der Waals surface area contributed by atoms with E-state index in [1.807, 2.05) is 0 Å². The second kappa shape index (κ2) is 11.7. The molecular formula is C27H41IO2. The van der Waals surface area contributed by atoms with Crippen LogP contribution >= 0.6 is 22.6 Å². The summed E-state index contributed by atoms with van der Waals surface area (Å²) in [6.45, 7) is 4.25. The highest BCUT2D eigenvalue weighted by molar-refractivity contribution is 14.1. The fraction of sp³-hybridized carbons (Fsp3) is 0.778. The van der Waals surface area contributed by atoms with Gasteiger partial charge < -0.3 is 9.47 Å². The highest BCUT2D eigenvalue weighted by Crippen LogP contribution is 2.33. The topological polar surface area (TPSA) is 18.5 Å². The van der Waals surface area contributed by atoms with Crippen LogP contribution in [0.4, 0.5) is 0 Å². The summed E-state index contributed by atoms with van der Waals surface area (Å²) in [6.07, 6.45) is 16.7. The third-order valence-electron chi connectivity index (χ3n) is 7.92. The quantitative estimate of drug-likeness (QED) is 0.272. The maximum Gasteiger partial charge on any atom is 0.0587 e. The second-order valence-electron chi connectivity index (χ2n) is 10.3. The molecule has 0 radical (unpaired) electrons. The lowest BCUT2D eigenvalue weighted by Gasteiger charge is -2.31. The molecule has 0 aromatic heterocycles. The van der Waals surface area contributed by atoms with Crippen LogP contribution in [-0.4, -0.2) is 29.3 Å². The molecule has 2 heterocycles. The van der Waals surface area contributed by atoms with Gasteiger partial charge in [0.1, 0.15) is 0 Å². The average Bonchev–Trinajstić information content (AvgIpc) is 2.79. The summed E-state index contributed by atoms with van der Waals surface area (Å²) in [6, 6.07) is 9.52. The predicted molar refractivity (Wildman–Crippen MR) is 134 cm³/mol. The lowest BCUT2D eigenvalue weighted by molar-refractivity contribution is -0.0259. The molecule has 2 aliphatic heterocycles. The molecule has 3 aliphatic rings. The predicted octanol–water partition coefficient (Wildman–Crippen LogP) is 7.47. The van der Waals surface area contributed by atoms with Crippen molar-refractivity contribution in [3.05, 3.63) is 35.4 Å². The van der Waals surface area contributed by atoms with Gasteiger partial charge in [-0.2, -0.15) is 0 Å². The summed E-state index contributed by atoms with van der Waals surface area (Å²) >= 11 is 2.51. The minimum atomic E-state index is 0.444. The summed E-state index contributed by atoms with van der Waals surface area (Å²) in [4.78, 5) is 0. The molecule has 3 unspecified atom stereocenters. The van der Waals surface area contributed by atoms with E-state index < -0.39 is 0 Å². The van der Waals surface area contributed by atoms with Crippen LogP contribution in [0.15, 0.2) is 24.3 Å². The number of ether oxygens (including phenoxy) is 2. The molecule has 4 atom stereocenters. The zero-order valence-electron chi connectivity index (χ0n) is 18.9. The van der Waals surface area contributed by atoms with E-state index in [-0.39, 0.29) is 0 Å². The number of benzene rings is 1. The monoisotopic (exact) mass is 524 g/mol. The molecule has 30 heavy (non-hydrogen) atoms. The van der Waals surface area contributed by atoms with Gasteiger partial charge in [0.05, 0.1) is 25.4 Å². The van der Waals surface area contributed by atoms with E-state index in [0.29, 0.717) is 22.1 Å². The molecule has 0 spiro atoms. The first-order valence-corrected chi connectivity index (χ1v) is 13.9. The first-order valence-electron chi connectivity index (χ1n) is 12.6. The van der Waals surface area contributed by atoms with Crippen molar-refractivity contribution in [3.8, 4) is 0 Å². The summed E-state index contributed by atoms with van der Waals surface area (Å²) in [7, 11) is 0. The number of rotatable bonds is 7. The Hall–Kier alpha value is -0.130. The van der Waals surface area contributed by atoms with Crippen LogP contribution in [0.25, 0.3) is 0 Å². The van der Waals surface area contributed by atoms with Crippen LogP contribution in [0, 0.1) is 11.8 Å². The van der Waals surface area contributed by atoms with Crippen LogP contribution < -0.4 is 0 Å². The summed E-state index contributed by atoms with van der Waals surface area (Å²) in [5, 5.41) is 0. The SMILES string of the molecule is CC1CCC(CCc2ccc(C3CCC(CC[C@@H]4CCC(I)CO4)OC3)cc2)CC1. The molecule has 2 nitrogen and oxygen atoms in total. The van der Waals surface area contributed by atoms with Crippen LogP contribution in [0.1, 0.15) is 94.6 Å². The third-order valence-corrected chi connectivity index (χ3v) is 8.91. The van der Waals surface area contributed by atoms with Crippen LogP contribution in [-0.2, 0) is 15.9 Å². The van der Waals surface area contributed by atoms with Gasteiger partial charge in [0.25, 0.3) is 0 Å². The number of hydrogen-bond donors (Lipinski definition) is 0. The molecule has 4 rings (SSSR count). The maximum absolute atomic E-state index is 6.27. The van der Waals surface area contributed by atoms with Gasteiger partial charge in [-0.25, -0.2) is 0 Å². The van der Waals surface area contributed by atoms with E-state index in [1.54, 1.807) is 0 Å². The van der Waals surface area contributed by atoms with Gasteiger partial charge in [-0.05, 0) is 74.3 Å². The lowest BCUT2D eigenvalue weighted by Crippen LogP contribution is -2.29. The fourth-order valence-corrected chi connectivity index (χ4v) is 6.18. The molecule has 1 aromatic rings. The average molecular weight is 525 g/mol. The number of alkyl halides is 1. The number of aryl methyl sites for hydroxylation is 1. The van der Waals surface area contributed by atoms with E-state index >= 15 is 0 Å². The van der Waals surface area contributed by atoms with Crippen LogP contribution in [0.2, 0.25) is 0 Å². The Balaban J connectivity index is 1.15. The molecule has 0 amide bonds. The molecule has 168 valence electrons. The molecule has 1 aliphatic carbocycles. The first-order chi connectivity index (χ1) is 14.7. The Labute approximate surface area is 198 Å². The zero-order chi connectivity index (χ0) is 20.8. The van der Waals surface area contributed by atoms with E-state index in [0.717, 1.165) is 25.0 Å². The fourth-order valence-electron chi connectivity index (χ4n) is 5.61. The molecule has 1 aromatic carbocycles. The van der Waals surface area contributed by atoms with E-state index in [2.05, 4.69) is 53.8 Å². The Kier molecular flexibility index (Phi) is 8.95. The highest BCUT2D eigenvalue weighted by atomic mass is 127. The zero-order valence-corrected chi connectivity index (χ0v) is 21.0. The maximum atomic E-state index is 6.27. The summed E-state index contributed by atoms with van der Waals surface area (Å²) in [5.74, 6) is 2.51. The van der Waals surface area contributed by atoms with Crippen LogP contribution in [0.3, 0.4) is 0 Å². The van der Waals surface area contributed by atoms with Gasteiger partial charge in [0.2, 0.25) is 0 Å².